The van der Waals surface area contributed by atoms with Crippen LogP contribution in [-0.4, -0.2) is 67.1 Å². The zero-order valence-electron chi connectivity index (χ0n) is 15.9. The van der Waals surface area contributed by atoms with Crippen molar-refractivity contribution in [3.63, 3.8) is 0 Å². The number of benzene rings is 1. The number of aryl methyl sites for hydroxylation is 1. The monoisotopic (exact) mass is 394 g/mol. The molecule has 7 heteroatoms. The van der Waals surface area contributed by atoms with Crippen LogP contribution in [0.4, 0.5) is 0 Å². The molecule has 148 valence electrons. The Kier molecular flexibility index (Phi) is 6.60. The lowest BCUT2D eigenvalue weighted by molar-refractivity contribution is -0.146. The second-order valence-corrected chi connectivity index (χ2v) is 7.64. The Morgan fingerprint density at radius 3 is 2.67 bits per heavy atom. The van der Waals surface area contributed by atoms with Crippen molar-refractivity contribution in [3.05, 3.63) is 28.8 Å². The van der Waals surface area contributed by atoms with Gasteiger partial charge in [-0.25, -0.2) is 0 Å². The van der Waals surface area contributed by atoms with Crippen molar-refractivity contribution in [2.75, 3.05) is 39.4 Å². The number of likely N-dealkylation sites (tertiary alicyclic amines) is 1. The van der Waals surface area contributed by atoms with Crippen LogP contribution in [0.25, 0.3) is 0 Å². The fourth-order valence-corrected chi connectivity index (χ4v) is 3.74. The Balaban J connectivity index is 1.58. The molecule has 0 saturated carbocycles. The predicted octanol–water partition coefficient (Wildman–Crippen LogP) is 2.51. The molecule has 1 aromatic carbocycles. The molecule has 2 aliphatic heterocycles. The average Bonchev–Trinajstić information content (AvgIpc) is 2.70. The minimum atomic E-state index is -0.609. The summed E-state index contributed by atoms with van der Waals surface area (Å²) in [6.07, 6.45) is 1.05. The summed E-state index contributed by atoms with van der Waals surface area (Å²) in [6, 6.07) is 5.36. The molecule has 2 aliphatic rings. The first-order chi connectivity index (χ1) is 13.0. The molecule has 2 atom stereocenters. The van der Waals surface area contributed by atoms with E-state index in [2.05, 4.69) is 0 Å². The van der Waals surface area contributed by atoms with E-state index >= 15 is 0 Å². The third-order valence-corrected chi connectivity index (χ3v) is 5.62. The number of ether oxygens (including phenoxy) is 2. The number of hydrogen-bond donors (Lipinski definition) is 0. The quantitative estimate of drug-likeness (QED) is 0.787. The summed E-state index contributed by atoms with van der Waals surface area (Å²) in [7, 11) is 0. The van der Waals surface area contributed by atoms with E-state index < -0.39 is 6.10 Å². The summed E-state index contributed by atoms with van der Waals surface area (Å²) in [5, 5.41) is 0.668. The molecule has 1 aromatic rings. The van der Waals surface area contributed by atoms with Gasteiger partial charge >= 0.3 is 0 Å². The van der Waals surface area contributed by atoms with E-state index in [1.165, 1.54) is 0 Å². The number of piperidine rings is 1. The van der Waals surface area contributed by atoms with Crippen LogP contribution in [-0.2, 0) is 14.3 Å². The molecule has 2 saturated heterocycles. The highest BCUT2D eigenvalue weighted by molar-refractivity contribution is 6.31. The van der Waals surface area contributed by atoms with Crippen molar-refractivity contribution in [1.29, 1.82) is 0 Å². The van der Waals surface area contributed by atoms with Crippen molar-refractivity contribution in [2.45, 2.75) is 32.8 Å². The summed E-state index contributed by atoms with van der Waals surface area (Å²) in [5.41, 5.74) is 0.906. The maximum atomic E-state index is 12.8. The first-order valence-corrected chi connectivity index (χ1v) is 9.91. The van der Waals surface area contributed by atoms with Crippen LogP contribution in [0.15, 0.2) is 18.2 Å². The molecule has 0 bridgehead atoms. The minimum Gasteiger partial charge on any atom is -0.481 e. The topological polar surface area (TPSA) is 59.1 Å². The van der Waals surface area contributed by atoms with Gasteiger partial charge in [0.2, 0.25) is 5.91 Å². The Morgan fingerprint density at radius 2 is 1.96 bits per heavy atom. The van der Waals surface area contributed by atoms with E-state index in [0.29, 0.717) is 50.2 Å². The molecule has 0 aliphatic carbocycles. The second kappa shape index (κ2) is 8.93. The predicted molar refractivity (Wildman–Crippen MR) is 103 cm³/mol. The first-order valence-electron chi connectivity index (χ1n) is 9.54. The summed E-state index contributed by atoms with van der Waals surface area (Å²) in [5.74, 6) is 0.543. The molecule has 2 amide bonds. The number of carbonyl (C=O) groups is 2. The lowest BCUT2D eigenvalue weighted by atomic mass is 9.96. The molecule has 0 N–H and O–H groups in total. The molecule has 0 aromatic heterocycles. The van der Waals surface area contributed by atoms with Gasteiger partial charge in [0, 0.05) is 31.2 Å². The molecule has 6 nitrogen and oxygen atoms in total. The number of amides is 2. The van der Waals surface area contributed by atoms with Gasteiger partial charge in [0.15, 0.2) is 6.10 Å². The van der Waals surface area contributed by atoms with Gasteiger partial charge in [-0.3, -0.25) is 9.59 Å². The van der Waals surface area contributed by atoms with Crippen LogP contribution >= 0.6 is 11.6 Å². The molecular formula is C20H27ClN2O4. The summed E-state index contributed by atoms with van der Waals surface area (Å²) >= 11 is 6.04. The van der Waals surface area contributed by atoms with Gasteiger partial charge in [-0.05, 0) is 50.5 Å². The van der Waals surface area contributed by atoms with Crippen LogP contribution in [0, 0.1) is 12.8 Å². The van der Waals surface area contributed by atoms with Crippen LogP contribution in [0.5, 0.6) is 5.75 Å². The lowest BCUT2D eigenvalue weighted by Crippen LogP contribution is -2.51. The zero-order chi connectivity index (χ0) is 19.4. The molecule has 2 fully saturated rings. The van der Waals surface area contributed by atoms with Gasteiger partial charge < -0.3 is 19.3 Å². The van der Waals surface area contributed by atoms with E-state index in [4.69, 9.17) is 21.1 Å². The third kappa shape index (κ3) is 4.93. The first kappa shape index (κ1) is 20.0. The molecule has 27 heavy (non-hydrogen) atoms. The number of morpholine rings is 1. The van der Waals surface area contributed by atoms with E-state index in [1.54, 1.807) is 24.0 Å². The highest BCUT2D eigenvalue weighted by atomic mass is 35.5. The summed E-state index contributed by atoms with van der Waals surface area (Å²) in [4.78, 5) is 29.2. The van der Waals surface area contributed by atoms with Crippen LogP contribution in [0.2, 0.25) is 5.02 Å². The zero-order valence-corrected chi connectivity index (χ0v) is 16.7. The average molecular weight is 395 g/mol. The normalized spacial score (nSPS) is 21.7. The Bertz CT molecular complexity index is 691. The Labute approximate surface area is 165 Å². The van der Waals surface area contributed by atoms with Gasteiger partial charge in [-0.15, -0.1) is 0 Å². The SMILES string of the molecule is Cc1cc(OC(C)C(=O)N2CCCC(C(=O)N3CCOCC3)C2)ccc1Cl. The molecule has 0 radical (unpaired) electrons. The number of hydrogen-bond acceptors (Lipinski definition) is 4. The highest BCUT2D eigenvalue weighted by Gasteiger charge is 2.33. The van der Waals surface area contributed by atoms with E-state index in [0.717, 1.165) is 18.4 Å². The smallest absolute Gasteiger partial charge is 0.263 e. The van der Waals surface area contributed by atoms with Gasteiger partial charge in [0.25, 0.3) is 5.91 Å². The number of carbonyl (C=O) groups excluding carboxylic acids is 2. The van der Waals surface area contributed by atoms with Gasteiger partial charge in [0.1, 0.15) is 5.75 Å². The van der Waals surface area contributed by atoms with Crippen molar-refractivity contribution >= 4 is 23.4 Å². The van der Waals surface area contributed by atoms with Crippen molar-refractivity contribution in [2.24, 2.45) is 5.92 Å². The van der Waals surface area contributed by atoms with Gasteiger partial charge in [0.05, 0.1) is 19.1 Å². The third-order valence-electron chi connectivity index (χ3n) is 5.20. The molecule has 2 unspecified atom stereocenters. The molecule has 2 heterocycles. The standard InChI is InChI=1S/C20H27ClN2O4/c1-14-12-17(5-6-18(14)21)27-15(2)19(24)23-7-3-4-16(13-23)20(25)22-8-10-26-11-9-22/h5-6,12,15-16H,3-4,7-11,13H2,1-2H3. The summed E-state index contributed by atoms with van der Waals surface area (Å²) < 4.78 is 11.1. The molecular weight excluding hydrogens is 368 g/mol. The number of halogens is 1. The van der Waals surface area contributed by atoms with Crippen molar-refractivity contribution in [1.82, 2.24) is 9.80 Å². The summed E-state index contributed by atoms with van der Waals surface area (Å²) in [6.45, 7) is 7.23. The van der Waals surface area contributed by atoms with Gasteiger partial charge in [-0.2, -0.15) is 0 Å². The van der Waals surface area contributed by atoms with Crippen LogP contribution in [0.3, 0.4) is 0 Å². The molecule has 3 rings (SSSR count). The van der Waals surface area contributed by atoms with E-state index in [-0.39, 0.29) is 17.7 Å². The Morgan fingerprint density at radius 1 is 1.22 bits per heavy atom. The number of rotatable bonds is 4. The van der Waals surface area contributed by atoms with E-state index in [1.807, 2.05) is 17.9 Å². The maximum Gasteiger partial charge on any atom is 0.263 e. The fraction of sp³-hybridized carbons (Fsp3) is 0.600. The van der Waals surface area contributed by atoms with Crippen molar-refractivity contribution < 1.29 is 19.1 Å². The number of nitrogens with zero attached hydrogens (tertiary/aromatic N) is 2. The van der Waals surface area contributed by atoms with Crippen LogP contribution in [0.1, 0.15) is 25.3 Å². The van der Waals surface area contributed by atoms with Crippen LogP contribution < -0.4 is 4.74 Å². The highest BCUT2D eigenvalue weighted by Crippen LogP contribution is 2.24. The van der Waals surface area contributed by atoms with E-state index in [9.17, 15) is 9.59 Å². The minimum absolute atomic E-state index is 0.0814. The largest absolute Gasteiger partial charge is 0.481 e. The van der Waals surface area contributed by atoms with Crippen molar-refractivity contribution in [3.8, 4) is 5.75 Å². The Hall–Kier alpha value is -1.79. The maximum absolute atomic E-state index is 12.8. The van der Waals surface area contributed by atoms with Gasteiger partial charge in [-0.1, -0.05) is 11.6 Å². The molecule has 0 spiro atoms. The fourth-order valence-electron chi connectivity index (χ4n) is 3.62. The lowest BCUT2D eigenvalue weighted by Gasteiger charge is -2.37. The second-order valence-electron chi connectivity index (χ2n) is 7.23.